The Kier molecular flexibility index (Phi) is 5.29. The predicted molar refractivity (Wildman–Crippen MR) is 65.8 cm³/mol. The Morgan fingerprint density at radius 2 is 1.88 bits per heavy atom. The molecular weight excluding hydrogens is 202 g/mol. The highest BCUT2D eigenvalue weighted by Gasteiger charge is 2.05. The van der Waals surface area contributed by atoms with Gasteiger partial charge in [0.25, 0.3) is 0 Å². The van der Waals surface area contributed by atoms with Crippen LogP contribution in [0.3, 0.4) is 0 Å². The van der Waals surface area contributed by atoms with Gasteiger partial charge in [0.2, 0.25) is 0 Å². The lowest BCUT2D eigenvalue weighted by molar-refractivity contribution is 0.118. The number of ether oxygens (including phenoxy) is 2. The van der Waals surface area contributed by atoms with E-state index in [0.29, 0.717) is 19.8 Å². The molecule has 1 aromatic carbocycles. The van der Waals surface area contributed by atoms with Crippen molar-refractivity contribution in [3.05, 3.63) is 28.8 Å². The van der Waals surface area contributed by atoms with Crippen LogP contribution >= 0.6 is 0 Å². The van der Waals surface area contributed by atoms with Crippen LogP contribution in [0.1, 0.15) is 23.1 Å². The van der Waals surface area contributed by atoms with Crippen LogP contribution in [0.25, 0.3) is 0 Å². The van der Waals surface area contributed by atoms with Crippen LogP contribution in [0.4, 0.5) is 0 Å². The molecule has 0 spiro atoms. The molecule has 0 radical (unpaired) electrons. The second-order valence-corrected chi connectivity index (χ2v) is 3.94. The maximum atomic E-state index is 5.54. The highest BCUT2D eigenvalue weighted by Crippen LogP contribution is 2.23. The first-order chi connectivity index (χ1) is 7.69. The fourth-order valence-electron chi connectivity index (χ4n) is 1.52. The molecule has 2 N–H and O–H groups in total. The summed E-state index contributed by atoms with van der Waals surface area (Å²) < 4.78 is 10.9. The normalized spacial score (nSPS) is 10.5. The molecule has 0 heterocycles. The summed E-state index contributed by atoms with van der Waals surface area (Å²) in [4.78, 5) is 0. The SMILES string of the molecule is COc1cc(C)c(C)cc1COCCCN. The Bertz CT molecular complexity index is 337. The Morgan fingerprint density at radius 1 is 1.19 bits per heavy atom. The molecule has 16 heavy (non-hydrogen) atoms. The van der Waals surface area contributed by atoms with E-state index in [-0.39, 0.29) is 0 Å². The van der Waals surface area contributed by atoms with E-state index >= 15 is 0 Å². The van der Waals surface area contributed by atoms with Crippen molar-refractivity contribution in [1.82, 2.24) is 0 Å². The Morgan fingerprint density at radius 3 is 2.50 bits per heavy atom. The molecule has 0 unspecified atom stereocenters. The lowest BCUT2D eigenvalue weighted by Crippen LogP contribution is -2.05. The molecule has 0 aliphatic rings. The summed E-state index contributed by atoms with van der Waals surface area (Å²) in [6.07, 6.45) is 0.896. The van der Waals surface area contributed by atoms with E-state index in [4.69, 9.17) is 15.2 Å². The largest absolute Gasteiger partial charge is 0.496 e. The monoisotopic (exact) mass is 223 g/mol. The highest BCUT2D eigenvalue weighted by atomic mass is 16.5. The molecule has 3 nitrogen and oxygen atoms in total. The van der Waals surface area contributed by atoms with E-state index in [9.17, 15) is 0 Å². The van der Waals surface area contributed by atoms with Gasteiger partial charge in [-0.1, -0.05) is 0 Å². The minimum atomic E-state index is 0.588. The molecule has 0 saturated carbocycles. The summed E-state index contributed by atoms with van der Waals surface area (Å²) in [6, 6.07) is 4.17. The third kappa shape index (κ3) is 3.51. The summed E-state index contributed by atoms with van der Waals surface area (Å²) in [5.74, 6) is 0.899. The zero-order valence-corrected chi connectivity index (χ0v) is 10.4. The quantitative estimate of drug-likeness (QED) is 0.752. The van der Waals surface area contributed by atoms with Crippen LogP contribution in [0.5, 0.6) is 5.75 Å². The molecule has 0 aliphatic heterocycles. The summed E-state index contributed by atoms with van der Waals surface area (Å²) in [5.41, 5.74) is 9.00. The van der Waals surface area contributed by atoms with Crippen molar-refractivity contribution in [3.63, 3.8) is 0 Å². The zero-order valence-electron chi connectivity index (χ0n) is 10.4. The van der Waals surface area contributed by atoms with Gasteiger partial charge in [-0.25, -0.2) is 0 Å². The van der Waals surface area contributed by atoms with Gasteiger partial charge < -0.3 is 15.2 Å². The molecule has 1 rings (SSSR count). The van der Waals surface area contributed by atoms with Gasteiger partial charge in [0.1, 0.15) is 5.75 Å². The van der Waals surface area contributed by atoms with Gasteiger partial charge in [-0.15, -0.1) is 0 Å². The number of hydrogen-bond acceptors (Lipinski definition) is 3. The number of aryl methyl sites for hydroxylation is 2. The smallest absolute Gasteiger partial charge is 0.124 e. The van der Waals surface area contributed by atoms with Gasteiger partial charge in [-0.05, 0) is 50.1 Å². The van der Waals surface area contributed by atoms with Crippen LogP contribution in [-0.4, -0.2) is 20.3 Å². The van der Waals surface area contributed by atoms with E-state index in [1.54, 1.807) is 7.11 Å². The first-order valence-electron chi connectivity index (χ1n) is 5.61. The van der Waals surface area contributed by atoms with Crippen molar-refractivity contribution in [3.8, 4) is 5.75 Å². The predicted octanol–water partition coefficient (Wildman–Crippen LogP) is 2.18. The molecule has 0 amide bonds. The summed E-state index contributed by atoms with van der Waals surface area (Å²) in [7, 11) is 1.69. The second-order valence-electron chi connectivity index (χ2n) is 3.94. The number of hydrogen-bond donors (Lipinski definition) is 1. The van der Waals surface area contributed by atoms with Gasteiger partial charge in [-0.2, -0.15) is 0 Å². The molecule has 3 heteroatoms. The topological polar surface area (TPSA) is 44.5 Å². The fourth-order valence-corrected chi connectivity index (χ4v) is 1.52. The molecular formula is C13H21NO2. The molecule has 0 bridgehead atoms. The molecule has 0 aromatic heterocycles. The highest BCUT2D eigenvalue weighted by molar-refractivity contribution is 5.41. The third-order valence-corrected chi connectivity index (χ3v) is 2.65. The minimum absolute atomic E-state index is 0.588. The number of rotatable bonds is 6. The number of benzene rings is 1. The molecule has 0 fully saturated rings. The second kappa shape index (κ2) is 6.51. The molecule has 0 atom stereocenters. The van der Waals surface area contributed by atoms with Crippen LogP contribution in [0.15, 0.2) is 12.1 Å². The Labute approximate surface area is 97.6 Å². The maximum absolute atomic E-state index is 5.54. The van der Waals surface area contributed by atoms with Crippen molar-refractivity contribution in [2.45, 2.75) is 26.9 Å². The van der Waals surface area contributed by atoms with E-state index in [1.807, 2.05) is 0 Å². The minimum Gasteiger partial charge on any atom is -0.496 e. The maximum Gasteiger partial charge on any atom is 0.124 e. The van der Waals surface area contributed by atoms with E-state index in [0.717, 1.165) is 17.7 Å². The average molecular weight is 223 g/mol. The summed E-state index contributed by atoms with van der Waals surface area (Å²) in [5, 5.41) is 0. The van der Waals surface area contributed by atoms with Crippen LogP contribution in [0, 0.1) is 13.8 Å². The van der Waals surface area contributed by atoms with Crippen LogP contribution < -0.4 is 10.5 Å². The molecule has 90 valence electrons. The fraction of sp³-hybridized carbons (Fsp3) is 0.538. The first-order valence-corrected chi connectivity index (χ1v) is 5.61. The summed E-state index contributed by atoms with van der Waals surface area (Å²) >= 11 is 0. The van der Waals surface area contributed by atoms with Crippen molar-refractivity contribution in [1.29, 1.82) is 0 Å². The molecule has 0 saturated heterocycles. The van der Waals surface area contributed by atoms with Crippen molar-refractivity contribution >= 4 is 0 Å². The molecule has 0 aliphatic carbocycles. The van der Waals surface area contributed by atoms with Gasteiger partial charge in [0.15, 0.2) is 0 Å². The standard InChI is InChI=1S/C13H21NO2/c1-10-7-12(9-16-6-4-5-14)13(15-3)8-11(10)2/h7-8H,4-6,9,14H2,1-3H3. The van der Waals surface area contributed by atoms with Crippen molar-refractivity contribution < 1.29 is 9.47 Å². The summed E-state index contributed by atoms with van der Waals surface area (Å²) in [6.45, 7) is 6.13. The lowest BCUT2D eigenvalue weighted by atomic mass is 10.1. The van der Waals surface area contributed by atoms with Gasteiger partial charge in [-0.3, -0.25) is 0 Å². The van der Waals surface area contributed by atoms with Gasteiger partial charge in [0, 0.05) is 12.2 Å². The van der Waals surface area contributed by atoms with Crippen LogP contribution in [-0.2, 0) is 11.3 Å². The van der Waals surface area contributed by atoms with Crippen LogP contribution in [0.2, 0.25) is 0 Å². The number of nitrogens with two attached hydrogens (primary N) is 1. The van der Waals surface area contributed by atoms with Crippen molar-refractivity contribution in [2.75, 3.05) is 20.3 Å². The number of methoxy groups -OCH3 is 1. The third-order valence-electron chi connectivity index (χ3n) is 2.65. The average Bonchev–Trinajstić information content (AvgIpc) is 2.28. The zero-order chi connectivity index (χ0) is 12.0. The first kappa shape index (κ1) is 13.0. The van der Waals surface area contributed by atoms with E-state index in [1.165, 1.54) is 11.1 Å². The van der Waals surface area contributed by atoms with Crippen molar-refractivity contribution in [2.24, 2.45) is 5.73 Å². The van der Waals surface area contributed by atoms with E-state index < -0.39 is 0 Å². The van der Waals surface area contributed by atoms with Gasteiger partial charge >= 0.3 is 0 Å². The van der Waals surface area contributed by atoms with E-state index in [2.05, 4.69) is 26.0 Å². The Balaban J connectivity index is 2.66. The lowest BCUT2D eigenvalue weighted by Gasteiger charge is -2.12. The Hall–Kier alpha value is -1.06. The van der Waals surface area contributed by atoms with Gasteiger partial charge in [0.05, 0.1) is 13.7 Å². The molecule has 1 aromatic rings.